The van der Waals surface area contributed by atoms with Crippen LogP contribution in [0.15, 0.2) is 30.3 Å². The summed E-state index contributed by atoms with van der Waals surface area (Å²) in [5.74, 6) is 0. The minimum Gasteiger partial charge on any atom is -0.329 e. The third-order valence-electron chi connectivity index (χ3n) is 4.84. The SMILES string of the molecule is CN(CCc1ccccc1)C1(CN)CCC(C)(C)C1. The third kappa shape index (κ3) is 3.37. The maximum Gasteiger partial charge on any atom is 0.0334 e. The highest BCUT2D eigenvalue weighted by molar-refractivity contribution is 5.15. The van der Waals surface area contributed by atoms with Crippen molar-refractivity contribution in [3.63, 3.8) is 0 Å². The summed E-state index contributed by atoms with van der Waals surface area (Å²) in [6.07, 6.45) is 4.86. The topological polar surface area (TPSA) is 29.3 Å². The highest BCUT2D eigenvalue weighted by Crippen LogP contribution is 2.45. The van der Waals surface area contributed by atoms with E-state index in [2.05, 4.69) is 56.1 Å². The average molecular weight is 260 g/mol. The molecule has 0 radical (unpaired) electrons. The second kappa shape index (κ2) is 5.64. The van der Waals surface area contributed by atoms with Gasteiger partial charge in [0.2, 0.25) is 0 Å². The lowest BCUT2D eigenvalue weighted by Crippen LogP contribution is -2.51. The van der Waals surface area contributed by atoms with Crippen molar-refractivity contribution in [3.8, 4) is 0 Å². The molecule has 0 aliphatic heterocycles. The van der Waals surface area contributed by atoms with E-state index in [0.29, 0.717) is 5.41 Å². The molecular formula is C17H28N2. The van der Waals surface area contributed by atoms with Gasteiger partial charge >= 0.3 is 0 Å². The Morgan fingerprint density at radius 3 is 2.37 bits per heavy atom. The molecule has 1 aliphatic carbocycles. The third-order valence-corrected chi connectivity index (χ3v) is 4.84. The van der Waals surface area contributed by atoms with Gasteiger partial charge < -0.3 is 5.73 Å². The predicted molar refractivity (Wildman–Crippen MR) is 82.2 cm³/mol. The first-order chi connectivity index (χ1) is 8.97. The lowest BCUT2D eigenvalue weighted by atomic mass is 9.86. The number of nitrogens with two attached hydrogens (primary N) is 1. The monoisotopic (exact) mass is 260 g/mol. The summed E-state index contributed by atoms with van der Waals surface area (Å²) in [5, 5.41) is 0. The number of nitrogens with zero attached hydrogens (tertiary/aromatic N) is 1. The van der Waals surface area contributed by atoms with Crippen LogP contribution < -0.4 is 5.73 Å². The largest absolute Gasteiger partial charge is 0.329 e. The van der Waals surface area contributed by atoms with Crippen molar-refractivity contribution in [2.75, 3.05) is 20.1 Å². The second-order valence-electron chi connectivity index (χ2n) is 6.93. The zero-order valence-electron chi connectivity index (χ0n) is 12.7. The van der Waals surface area contributed by atoms with Gasteiger partial charge in [0.25, 0.3) is 0 Å². The molecule has 1 unspecified atom stereocenters. The molecule has 19 heavy (non-hydrogen) atoms. The molecule has 0 heterocycles. The fraction of sp³-hybridized carbons (Fsp3) is 0.647. The summed E-state index contributed by atoms with van der Waals surface area (Å²) in [7, 11) is 2.25. The first-order valence-electron chi connectivity index (χ1n) is 7.43. The Morgan fingerprint density at radius 2 is 1.84 bits per heavy atom. The molecule has 1 atom stereocenters. The number of hydrogen-bond acceptors (Lipinski definition) is 2. The highest BCUT2D eigenvalue weighted by Gasteiger charge is 2.44. The van der Waals surface area contributed by atoms with Crippen LogP contribution in [-0.2, 0) is 6.42 Å². The molecule has 0 aromatic heterocycles. The van der Waals surface area contributed by atoms with Crippen molar-refractivity contribution >= 4 is 0 Å². The second-order valence-corrected chi connectivity index (χ2v) is 6.93. The molecule has 2 nitrogen and oxygen atoms in total. The minimum absolute atomic E-state index is 0.221. The molecule has 1 aromatic rings. The van der Waals surface area contributed by atoms with Crippen LogP contribution in [-0.4, -0.2) is 30.6 Å². The number of hydrogen-bond donors (Lipinski definition) is 1. The van der Waals surface area contributed by atoms with Gasteiger partial charge in [0, 0.05) is 18.6 Å². The Kier molecular flexibility index (Phi) is 4.32. The van der Waals surface area contributed by atoms with Crippen LogP contribution in [0.3, 0.4) is 0 Å². The molecule has 0 amide bonds. The Labute approximate surface area is 118 Å². The fourth-order valence-corrected chi connectivity index (χ4v) is 3.47. The molecule has 1 saturated carbocycles. The molecule has 1 aromatic carbocycles. The van der Waals surface area contributed by atoms with E-state index in [1.807, 2.05) is 0 Å². The Morgan fingerprint density at radius 1 is 1.16 bits per heavy atom. The number of benzene rings is 1. The average Bonchev–Trinajstić information content (AvgIpc) is 2.74. The zero-order chi connectivity index (χ0) is 13.9. The number of likely N-dealkylation sites (N-methyl/N-ethyl adjacent to an activating group) is 1. The van der Waals surface area contributed by atoms with Gasteiger partial charge in [-0.05, 0) is 43.7 Å². The van der Waals surface area contributed by atoms with Crippen molar-refractivity contribution < 1.29 is 0 Å². The minimum atomic E-state index is 0.221. The Hall–Kier alpha value is -0.860. The fourth-order valence-electron chi connectivity index (χ4n) is 3.47. The van der Waals surface area contributed by atoms with Crippen molar-refractivity contribution in [2.45, 2.75) is 45.1 Å². The van der Waals surface area contributed by atoms with E-state index in [0.717, 1.165) is 19.5 Å². The first kappa shape index (κ1) is 14.5. The molecule has 0 saturated heterocycles. The van der Waals surface area contributed by atoms with E-state index in [1.165, 1.54) is 24.8 Å². The molecule has 2 heteroatoms. The van der Waals surface area contributed by atoms with Gasteiger partial charge in [-0.25, -0.2) is 0 Å². The van der Waals surface area contributed by atoms with E-state index in [9.17, 15) is 0 Å². The molecule has 2 N–H and O–H groups in total. The summed E-state index contributed by atoms with van der Waals surface area (Å²) < 4.78 is 0. The normalized spacial score (nSPS) is 25.9. The summed E-state index contributed by atoms with van der Waals surface area (Å²) in [6, 6.07) is 10.7. The van der Waals surface area contributed by atoms with Gasteiger partial charge in [-0.3, -0.25) is 4.90 Å². The predicted octanol–water partition coefficient (Wildman–Crippen LogP) is 3.07. The van der Waals surface area contributed by atoms with Crippen molar-refractivity contribution in [2.24, 2.45) is 11.1 Å². The van der Waals surface area contributed by atoms with Gasteiger partial charge in [0.05, 0.1) is 0 Å². The van der Waals surface area contributed by atoms with Crippen molar-refractivity contribution in [3.05, 3.63) is 35.9 Å². The maximum absolute atomic E-state index is 6.12. The van der Waals surface area contributed by atoms with E-state index in [1.54, 1.807) is 0 Å². The van der Waals surface area contributed by atoms with E-state index < -0.39 is 0 Å². The molecule has 1 fully saturated rings. The number of rotatable bonds is 5. The van der Waals surface area contributed by atoms with E-state index in [-0.39, 0.29) is 5.54 Å². The van der Waals surface area contributed by atoms with Crippen LogP contribution in [0, 0.1) is 5.41 Å². The van der Waals surface area contributed by atoms with Crippen LogP contribution in [0.4, 0.5) is 0 Å². The van der Waals surface area contributed by atoms with Crippen molar-refractivity contribution in [1.29, 1.82) is 0 Å². The summed E-state index contributed by atoms with van der Waals surface area (Å²) >= 11 is 0. The molecule has 1 aliphatic rings. The van der Waals surface area contributed by atoms with Gasteiger partial charge in [0.1, 0.15) is 0 Å². The molecular weight excluding hydrogens is 232 g/mol. The van der Waals surface area contributed by atoms with Gasteiger partial charge in [0.15, 0.2) is 0 Å². The van der Waals surface area contributed by atoms with Crippen LogP contribution in [0.2, 0.25) is 0 Å². The Balaban J connectivity index is 1.96. The van der Waals surface area contributed by atoms with Crippen LogP contribution in [0.25, 0.3) is 0 Å². The zero-order valence-corrected chi connectivity index (χ0v) is 12.7. The van der Waals surface area contributed by atoms with Crippen LogP contribution in [0.5, 0.6) is 0 Å². The van der Waals surface area contributed by atoms with Gasteiger partial charge in [-0.1, -0.05) is 44.2 Å². The lowest BCUT2D eigenvalue weighted by Gasteiger charge is -2.39. The summed E-state index contributed by atoms with van der Waals surface area (Å²) in [6.45, 7) is 6.61. The van der Waals surface area contributed by atoms with E-state index in [4.69, 9.17) is 5.73 Å². The first-order valence-corrected chi connectivity index (χ1v) is 7.43. The van der Waals surface area contributed by atoms with Crippen LogP contribution in [0.1, 0.15) is 38.7 Å². The lowest BCUT2D eigenvalue weighted by molar-refractivity contribution is 0.120. The summed E-state index contributed by atoms with van der Waals surface area (Å²) in [5.41, 5.74) is 8.20. The molecule has 0 spiro atoms. The maximum atomic E-state index is 6.12. The highest BCUT2D eigenvalue weighted by atomic mass is 15.2. The smallest absolute Gasteiger partial charge is 0.0334 e. The molecule has 0 bridgehead atoms. The standard InChI is InChI=1S/C17H28N2/c1-16(2)10-11-17(13-16,14-18)19(3)12-9-15-7-5-4-6-8-15/h4-8H,9-14,18H2,1-3H3. The van der Waals surface area contributed by atoms with Gasteiger partial charge in [-0.15, -0.1) is 0 Å². The molecule has 2 rings (SSSR count). The quantitative estimate of drug-likeness (QED) is 0.881. The Bertz CT molecular complexity index is 399. The van der Waals surface area contributed by atoms with E-state index >= 15 is 0 Å². The van der Waals surface area contributed by atoms with Crippen LogP contribution >= 0.6 is 0 Å². The van der Waals surface area contributed by atoms with Crippen molar-refractivity contribution in [1.82, 2.24) is 4.90 Å². The summed E-state index contributed by atoms with van der Waals surface area (Å²) in [4.78, 5) is 2.51. The molecule has 106 valence electrons. The van der Waals surface area contributed by atoms with Gasteiger partial charge in [-0.2, -0.15) is 0 Å².